The highest BCUT2D eigenvalue weighted by molar-refractivity contribution is 7.87. The summed E-state index contributed by atoms with van der Waals surface area (Å²) in [4.78, 5) is 27.7. The zero-order chi connectivity index (χ0) is 26.1. The number of azide groups is 1. The van der Waals surface area contributed by atoms with Gasteiger partial charge in [0.05, 0.1) is 0 Å². The Morgan fingerprint density at radius 3 is 2.60 bits per heavy atom. The highest BCUT2D eigenvalue weighted by Gasteiger charge is 2.55. The lowest BCUT2D eigenvalue weighted by molar-refractivity contribution is -0.152. The highest BCUT2D eigenvalue weighted by atomic mass is 32.2. The Labute approximate surface area is 205 Å². The third-order valence-corrected chi connectivity index (χ3v) is 6.70. The number of ether oxygens (including phenoxy) is 2. The van der Waals surface area contributed by atoms with Gasteiger partial charge in [-0.15, -0.1) is 6.58 Å². The van der Waals surface area contributed by atoms with Crippen molar-refractivity contribution in [2.75, 3.05) is 26.2 Å². The van der Waals surface area contributed by atoms with Crippen LogP contribution in [0.15, 0.2) is 48.1 Å². The first-order valence-electron chi connectivity index (χ1n) is 11.0. The molecule has 1 heterocycles. The smallest absolute Gasteiger partial charge is 0.407 e. The van der Waals surface area contributed by atoms with E-state index in [2.05, 4.69) is 26.6 Å². The van der Waals surface area contributed by atoms with Crippen molar-refractivity contribution in [2.24, 2.45) is 11.0 Å². The van der Waals surface area contributed by atoms with Gasteiger partial charge in [0.15, 0.2) is 5.54 Å². The molecule has 2 N–H and O–H groups in total. The fraction of sp³-hybridized carbons (Fsp3) is 0.545. The molecule has 1 aliphatic rings. The molecule has 1 amide bonds. The van der Waals surface area contributed by atoms with Crippen LogP contribution < -0.4 is 10.0 Å². The Morgan fingerprint density at radius 1 is 1.31 bits per heavy atom. The van der Waals surface area contributed by atoms with E-state index in [1.807, 2.05) is 6.07 Å². The molecule has 0 aromatic heterocycles. The van der Waals surface area contributed by atoms with E-state index >= 15 is 0 Å². The third kappa shape index (κ3) is 7.96. The Hall–Kier alpha value is -3.12. The van der Waals surface area contributed by atoms with Crippen molar-refractivity contribution in [3.8, 4) is 0 Å². The van der Waals surface area contributed by atoms with E-state index in [0.717, 1.165) is 9.87 Å². The van der Waals surface area contributed by atoms with Crippen LogP contribution in [0, 0.1) is 5.92 Å². The molecule has 2 atom stereocenters. The lowest BCUT2D eigenvalue weighted by Gasteiger charge is -2.26. The number of nitrogens with zero attached hydrogens (tertiary/aromatic N) is 4. The van der Waals surface area contributed by atoms with Gasteiger partial charge in [0.1, 0.15) is 12.2 Å². The fourth-order valence-electron chi connectivity index (χ4n) is 3.58. The van der Waals surface area contributed by atoms with Crippen LogP contribution in [0.4, 0.5) is 4.79 Å². The molecule has 1 saturated heterocycles. The number of hydrogen-bond donors (Lipinski definition) is 2. The van der Waals surface area contributed by atoms with E-state index in [0.29, 0.717) is 0 Å². The molecule has 0 bridgehead atoms. The molecule has 1 aliphatic heterocycles. The summed E-state index contributed by atoms with van der Waals surface area (Å²) in [6.07, 6.45) is 1.09. The number of amides is 1. The first-order valence-corrected chi connectivity index (χ1v) is 12.5. The van der Waals surface area contributed by atoms with Gasteiger partial charge < -0.3 is 14.8 Å². The molecule has 2 rings (SSSR count). The van der Waals surface area contributed by atoms with Crippen molar-refractivity contribution >= 4 is 22.3 Å². The van der Waals surface area contributed by atoms with Gasteiger partial charge in [0.25, 0.3) is 10.2 Å². The molecule has 13 heteroatoms. The largest absolute Gasteiger partial charge is 0.460 e. The Morgan fingerprint density at radius 2 is 2.00 bits per heavy atom. The summed E-state index contributed by atoms with van der Waals surface area (Å²) in [6, 6.07) is 8.95. The van der Waals surface area contributed by atoms with Crippen LogP contribution in [-0.4, -0.2) is 62.1 Å². The number of carbonyl (C=O) groups is 2. The van der Waals surface area contributed by atoms with Crippen molar-refractivity contribution in [3.05, 3.63) is 59.0 Å². The van der Waals surface area contributed by atoms with Crippen molar-refractivity contribution in [3.63, 3.8) is 0 Å². The second-order valence-electron chi connectivity index (χ2n) is 9.02. The van der Waals surface area contributed by atoms with Gasteiger partial charge in [0, 0.05) is 31.1 Å². The van der Waals surface area contributed by atoms with Gasteiger partial charge >= 0.3 is 12.1 Å². The average molecular weight is 509 g/mol. The van der Waals surface area contributed by atoms with Crippen LogP contribution in [0.1, 0.15) is 32.8 Å². The minimum absolute atomic E-state index is 0.0152. The van der Waals surface area contributed by atoms with E-state index in [1.54, 1.807) is 45.0 Å². The van der Waals surface area contributed by atoms with Gasteiger partial charge in [0.2, 0.25) is 0 Å². The number of alkyl carbamates (subject to hydrolysis) is 1. The zero-order valence-corrected chi connectivity index (χ0v) is 21.0. The number of rotatable bonds is 11. The molecule has 192 valence electrons. The van der Waals surface area contributed by atoms with Crippen LogP contribution in [0.3, 0.4) is 0 Å². The van der Waals surface area contributed by atoms with Crippen LogP contribution >= 0.6 is 0 Å². The first kappa shape index (κ1) is 28.1. The molecule has 0 saturated carbocycles. The second-order valence-corrected chi connectivity index (χ2v) is 10.8. The van der Waals surface area contributed by atoms with Gasteiger partial charge in [-0.25, -0.2) is 9.52 Å². The van der Waals surface area contributed by atoms with E-state index in [-0.39, 0.29) is 32.7 Å². The third-order valence-electron chi connectivity index (χ3n) is 5.17. The Kier molecular flexibility index (Phi) is 9.66. The quantitative estimate of drug-likeness (QED) is 0.117. The summed E-state index contributed by atoms with van der Waals surface area (Å²) in [7, 11) is -4.07. The number of nitrogens with one attached hydrogen (secondary N) is 2. The van der Waals surface area contributed by atoms with Crippen LogP contribution in [0.25, 0.3) is 10.4 Å². The summed E-state index contributed by atoms with van der Waals surface area (Å²) in [6.45, 7) is 8.15. The predicted molar refractivity (Wildman–Crippen MR) is 129 cm³/mol. The summed E-state index contributed by atoms with van der Waals surface area (Å²) >= 11 is 0. The molecule has 12 nitrogen and oxygen atoms in total. The predicted octanol–water partition coefficient (Wildman–Crippen LogP) is 2.65. The minimum Gasteiger partial charge on any atom is -0.460 e. The Bertz CT molecular complexity index is 1050. The molecule has 35 heavy (non-hydrogen) atoms. The van der Waals surface area contributed by atoms with E-state index < -0.39 is 45.9 Å². The van der Waals surface area contributed by atoms with E-state index in [4.69, 9.17) is 9.47 Å². The van der Waals surface area contributed by atoms with Gasteiger partial charge in [-0.1, -0.05) is 41.5 Å². The highest BCUT2D eigenvalue weighted by Crippen LogP contribution is 2.37. The van der Waals surface area contributed by atoms with E-state index in [1.165, 1.54) is 6.08 Å². The lowest BCUT2D eigenvalue weighted by atomic mass is 9.85. The summed E-state index contributed by atoms with van der Waals surface area (Å²) in [5, 5.41) is 6.19. The molecule has 2 unspecified atom stereocenters. The molecule has 0 aliphatic carbocycles. The number of benzene rings is 1. The van der Waals surface area contributed by atoms with Crippen LogP contribution in [0.2, 0.25) is 0 Å². The molecule has 0 radical (unpaired) electrons. The maximum atomic E-state index is 13.1. The average Bonchev–Trinajstić information content (AvgIpc) is 3.15. The summed E-state index contributed by atoms with van der Waals surface area (Å²) in [5.41, 5.74) is 7.50. The first-order chi connectivity index (χ1) is 16.4. The SMILES string of the molecule is C=CCC1CN(S(=O)(=O)NCCNC(=O)OC(C)(C)C)CC1(N=[N+]=[N-])C(=O)OCc1ccccc1. The molecule has 1 fully saturated rings. The van der Waals surface area contributed by atoms with Crippen LogP contribution in [0.5, 0.6) is 0 Å². The number of esters is 1. The van der Waals surface area contributed by atoms with Crippen molar-refractivity contribution < 1.29 is 27.5 Å². The van der Waals surface area contributed by atoms with E-state index in [9.17, 15) is 23.5 Å². The fourth-order valence-corrected chi connectivity index (χ4v) is 4.86. The zero-order valence-electron chi connectivity index (χ0n) is 20.1. The number of allylic oxidation sites excluding steroid dienone is 1. The second kappa shape index (κ2) is 12.0. The number of carbonyl (C=O) groups excluding carboxylic acids is 2. The normalized spacial score (nSPS) is 20.5. The topological polar surface area (TPSA) is 163 Å². The van der Waals surface area contributed by atoms with Gasteiger partial charge in [-0.05, 0) is 44.2 Å². The molecular weight excluding hydrogens is 476 g/mol. The van der Waals surface area contributed by atoms with Crippen molar-refractivity contribution in [1.82, 2.24) is 14.3 Å². The lowest BCUT2D eigenvalue weighted by Crippen LogP contribution is -2.47. The van der Waals surface area contributed by atoms with Crippen LogP contribution in [-0.2, 0) is 31.1 Å². The van der Waals surface area contributed by atoms with Gasteiger partial charge in [-0.2, -0.15) is 12.7 Å². The summed E-state index contributed by atoms with van der Waals surface area (Å²) in [5.74, 6) is -1.48. The Balaban J connectivity index is 2.09. The maximum absolute atomic E-state index is 13.1. The maximum Gasteiger partial charge on any atom is 0.407 e. The molecular formula is C22H32N6O6S. The number of hydrogen-bond acceptors (Lipinski definition) is 7. The minimum atomic E-state index is -4.07. The molecule has 0 spiro atoms. The van der Waals surface area contributed by atoms with Gasteiger partial charge in [-0.3, -0.25) is 4.79 Å². The van der Waals surface area contributed by atoms with Crippen molar-refractivity contribution in [2.45, 2.75) is 44.9 Å². The standard InChI is InChI=1S/C22H32N6O6S/c1-5-9-18-14-28(35(31,32)25-13-12-24-20(30)34-21(2,3)4)16-22(18,26-27-23)19(29)33-15-17-10-7-6-8-11-17/h5-8,10-11,18,25H,1,9,12-16H2,2-4H3,(H,24,30). The molecule has 1 aromatic carbocycles. The molecule has 1 aromatic rings. The van der Waals surface area contributed by atoms with Crippen molar-refractivity contribution in [1.29, 1.82) is 0 Å². The summed E-state index contributed by atoms with van der Waals surface area (Å²) < 4.78 is 39.8. The monoisotopic (exact) mass is 508 g/mol.